The first-order valence-electron chi connectivity index (χ1n) is 11.7. The van der Waals surface area contributed by atoms with Gasteiger partial charge in [0.25, 0.3) is 11.8 Å². The highest BCUT2D eigenvalue weighted by Gasteiger charge is 2.27. The molecule has 0 bridgehead atoms. The quantitative estimate of drug-likeness (QED) is 0.364. The molecule has 0 unspecified atom stereocenters. The van der Waals surface area contributed by atoms with Gasteiger partial charge in [-0.25, -0.2) is 0 Å². The van der Waals surface area contributed by atoms with Gasteiger partial charge in [0.05, 0.1) is 16.5 Å². The predicted octanol–water partition coefficient (Wildman–Crippen LogP) is 3.84. The molecular formula is C28H25N5O3. The molecule has 1 atom stereocenters. The van der Waals surface area contributed by atoms with Gasteiger partial charge in [-0.05, 0) is 67.8 Å². The van der Waals surface area contributed by atoms with Gasteiger partial charge in [0.1, 0.15) is 17.2 Å². The summed E-state index contributed by atoms with van der Waals surface area (Å²) in [5.74, 6) is 5.80. The van der Waals surface area contributed by atoms with Crippen molar-refractivity contribution in [3.63, 3.8) is 0 Å². The summed E-state index contributed by atoms with van der Waals surface area (Å²) in [5.41, 5.74) is 9.11. The summed E-state index contributed by atoms with van der Waals surface area (Å²) in [4.78, 5) is 26.2. The number of para-hydroxylation sites is 1. The summed E-state index contributed by atoms with van der Waals surface area (Å²) in [5, 5.41) is 11.3. The van der Waals surface area contributed by atoms with Crippen LogP contribution in [0.2, 0.25) is 0 Å². The number of hydrogen-bond donors (Lipinski definition) is 3. The van der Waals surface area contributed by atoms with Crippen LogP contribution in [0.25, 0.3) is 22.2 Å². The van der Waals surface area contributed by atoms with E-state index in [0.717, 1.165) is 35.4 Å². The molecule has 0 radical (unpaired) electrons. The van der Waals surface area contributed by atoms with E-state index in [4.69, 9.17) is 10.5 Å². The first-order chi connectivity index (χ1) is 17.5. The molecule has 0 spiro atoms. The van der Waals surface area contributed by atoms with Crippen LogP contribution < -0.4 is 20.7 Å². The predicted molar refractivity (Wildman–Crippen MR) is 139 cm³/mol. The first kappa shape index (κ1) is 23.0. The third-order valence-corrected chi connectivity index (χ3v) is 6.17. The zero-order valence-corrected chi connectivity index (χ0v) is 19.7. The second kappa shape index (κ2) is 9.84. The topological polar surface area (TPSA) is 113 Å². The number of hydrogen-bond acceptors (Lipinski definition) is 5. The van der Waals surface area contributed by atoms with Gasteiger partial charge in [0.15, 0.2) is 0 Å². The standard InChI is InChI=1S/C28H25N5O3/c1-2-6-24(34)30-19-15-16-33(17-19)23-14-13-22(28(29)35)27-25(23)26(31-32-27)18-9-11-21(12-10-18)36-20-7-4-3-5-8-20/h3-5,7-14,19H,15-17H2,1H3,(H2,29,35)(H,30,34)(H,31,32)/t19-/m0/s1. The van der Waals surface area contributed by atoms with E-state index in [1.165, 1.54) is 0 Å². The number of nitrogens with one attached hydrogen (secondary N) is 2. The van der Waals surface area contributed by atoms with Crippen LogP contribution in [-0.2, 0) is 4.79 Å². The molecule has 1 fully saturated rings. The average molecular weight is 480 g/mol. The van der Waals surface area contributed by atoms with E-state index >= 15 is 0 Å². The fourth-order valence-corrected chi connectivity index (χ4v) is 4.53. The van der Waals surface area contributed by atoms with Crippen molar-refractivity contribution in [2.24, 2.45) is 5.73 Å². The van der Waals surface area contributed by atoms with E-state index in [9.17, 15) is 9.59 Å². The van der Waals surface area contributed by atoms with E-state index in [1.807, 2.05) is 60.7 Å². The number of nitrogens with two attached hydrogens (primary N) is 1. The molecule has 180 valence electrons. The molecule has 1 aliphatic rings. The Bertz CT molecular complexity index is 1480. The van der Waals surface area contributed by atoms with Crippen molar-refractivity contribution in [3.05, 3.63) is 72.3 Å². The summed E-state index contributed by atoms with van der Waals surface area (Å²) in [7, 11) is 0. The molecule has 8 nitrogen and oxygen atoms in total. The minimum Gasteiger partial charge on any atom is -0.457 e. The van der Waals surface area contributed by atoms with Gasteiger partial charge >= 0.3 is 0 Å². The molecule has 5 rings (SSSR count). The number of aromatic nitrogens is 2. The Balaban J connectivity index is 1.48. The molecule has 1 aliphatic heterocycles. The van der Waals surface area contributed by atoms with Crippen LogP contribution in [0, 0.1) is 11.8 Å². The van der Waals surface area contributed by atoms with E-state index in [-0.39, 0.29) is 11.9 Å². The van der Waals surface area contributed by atoms with Crippen LogP contribution in [0.3, 0.4) is 0 Å². The molecule has 1 saturated heterocycles. The van der Waals surface area contributed by atoms with Crippen LogP contribution >= 0.6 is 0 Å². The van der Waals surface area contributed by atoms with E-state index in [1.54, 1.807) is 13.0 Å². The number of primary amides is 1. The number of aromatic amines is 1. The normalized spacial score (nSPS) is 14.8. The lowest BCUT2D eigenvalue weighted by atomic mass is 10.0. The fraction of sp³-hybridized carbons (Fsp3) is 0.179. The highest BCUT2D eigenvalue weighted by atomic mass is 16.5. The van der Waals surface area contributed by atoms with Crippen molar-refractivity contribution >= 4 is 28.4 Å². The van der Waals surface area contributed by atoms with Gasteiger partial charge in [0.2, 0.25) is 0 Å². The Morgan fingerprint density at radius 2 is 1.83 bits per heavy atom. The zero-order chi connectivity index (χ0) is 25.1. The molecule has 4 N–H and O–H groups in total. The SMILES string of the molecule is CC#CC(=O)N[C@H]1CCN(c2ccc(C(N)=O)c3[nH]nc(-c4ccc(Oc5ccccc5)cc4)c23)C1. The summed E-state index contributed by atoms with van der Waals surface area (Å²) in [6, 6.07) is 20.8. The minimum atomic E-state index is -0.530. The van der Waals surface area contributed by atoms with Crippen LogP contribution in [0.15, 0.2) is 66.7 Å². The Labute approximate surface area is 208 Å². The number of amides is 2. The smallest absolute Gasteiger partial charge is 0.296 e. The Hall–Kier alpha value is -4.77. The van der Waals surface area contributed by atoms with Crippen LogP contribution in [0.4, 0.5) is 5.69 Å². The molecule has 2 amide bonds. The number of benzene rings is 3. The summed E-state index contributed by atoms with van der Waals surface area (Å²) >= 11 is 0. The number of ether oxygens (including phenoxy) is 1. The van der Waals surface area contributed by atoms with E-state index < -0.39 is 5.91 Å². The third-order valence-electron chi connectivity index (χ3n) is 6.17. The molecule has 2 heterocycles. The third kappa shape index (κ3) is 4.59. The average Bonchev–Trinajstić information content (AvgIpc) is 3.52. The van der Waals surface area contributed by atoms with Crippen molar-refractivity contribution < 1.29 is 14.3 Å². The number of fused-ring (bicyclic) bond motifs is 1. The lowest BCUT2D eigenvalue weighted by Gasteiger charge is -2.21. The first-order valence-corrected chi connectivity index (χ1v) is 11.7. The molecule has 3 aromatic carbocycles. The van der Waals surface area contributed by atoms with Gasteiger partial charge in [0, 0.05) is 30.4 Å². The second-order valence-corrected chi connectivity index (χ2v) is 8.54. The van der Waals surface area contributed by atoms with Crippen LogP contribution in [-0.4, -0.2) is 41.1 Å². The summed E-state index contributed by atoms with van der Waals surface area (Å²) < 4.78 is 5.91. The molecule has 36 heavy (non-hydrogen) atoms. The van der Waals surface area contributed by atoms with Crippen molar-refractivity contribution in [2.75, 3.05) is 18.0 Å². The van der Waals surface area contributed by atoms with Gasteiger partial charge in [-0.1, -0.05) is 24.1 Å². The van der Waals surface area contributed by atoms with Gasteiger partial charge in [-0.3, -0.25) is 14.7 Å². The van der Waals surface area contributed by atoms with Crippen LogP contribution in [0.1, 0.15) is 23.7 Å². The summed E-state index contributed by atoms with van der Waals surface area (Å²) in [6.07, 6.45) is 0.787. The largest absolute Gasteiger partial charge is 0.457 e. The van der Waals surface area contributed by atoms with Crippen molar-refractivity contribution in [3.8, 4) is 34.6 Å². The van der Waals surface area contributed by atoms with Gasteiger partial charge in [-0.15, -0.1) is 0 Å². The summed E-state index contributed by atoms with van der Waals surface area (Å²) in [6.45, 7) is 3.00. The maximum absolute atomic E-state index is 12.1. The minimum absolute atomic E-state index is 0.0195. The van der Waals surface area contributed by atoms with Gasteiger partial charge in [-0.2, -0.15) is 5.10 Å². The van der Waals surface area contributed by atoms with Crippen molar-refractivity contribution in [1.29, 1.82) is 0 Å². The lowest BCUT2D eigenvalue weighted by Crippen LogP contribution is -2.36. The Morgan fingerprint density at radius 1 is 1.08 bits per heavy atom. The molecule has 1 aromatic heterocycles. The number of nitrogens with zero attached hydrogens (tertiary/aromatic N) is 2. The zero-order valence-electron chi connectivity index (χ0n) is 19.7. The monoisotopic (exact) mass is 479 g/mol. The maximum atomic E-state index is 12.1. The van der Waals surface area contributed by atoms with Gasteiger partial charge < -0.3 is 20.7 Å². The fourth-order valence-electron chi connectivity index (χ4n) is 4.53. The molecule has 0 saturated carbocycles. The van der Waals surface area contributed by atoms with E-state index in [2.05, 4.69) is 32.3 Å². The number of rotatable bonds is 6. The van der Waals surface area contributed by atoms with Crippen molar-refractivity contribution in [2.45, 2.75) is 19.4 Å². The number of anilines is 1. The molecule has 8 heteroatoms. The maximum Gasteiger partial charge on any atom is 0.296 e. The highest BCUT2D eigenvalue weighted by Crippen LogP contribution is 2.38. The Morgan fingerprint density at radius 3 is 2.56 bits per heavy atom. The van der Waals surface area contributed by atoms with Crippen LogP contribution in [0.5, 0.6) is 11.5 Å². The lowest BCUT2D eigenvalue weighted by molar-refractivity contribution is -0.116. The van der Waals surface area contributed by atoms with E-state index in [0.29, 0.717) is 29.1 Å². The number of carbonyl (C=O) groups excluding carboxylic acids is 2. The molecular weight excluding hydrogens is 454 g/mol. The van der Waals surface area contributed by atoms with Crippen molar-refractivity contribution in [1.82, 2.24) is 15.5 Å². The second-order valence-electron chi connectivity index (χ2n) is 8.54. The highest BCUT2D eigenvalue weighted by molar-refractivity contribution is 6.12. The number of H-pyrrole nitrogens is 1. The molecule has 4 aromatic rings. The molecule has 0 aliphatic carbocycles. The number of carbonyl (C=O) groups is 2. The Kier molecular flexibility index (Phi) is 6.29.